The molecule has 0 aliphatic carbocycles. The topological polar surface area (TPSA) is 155 Å². The predicted molar refractivity (Wildman–Crippen MR) is 117 cm³/mol. The molecular formula is C22H31N5O4. The minimum atomic E-state index is -1.09. The zero-order valence-electron chi connectivity index (χ0n) is 17.5. The second kappa shape index (κ2) is 10.4. The Labute approximate surface area is 181 Å². The van der Waals surface area contributed by atoms with Crippen molar-refractivity contribution in [1.29, 1.82) is 0 Å². The Morgan fingerprint density at radius 3 is 2.77 bits per heavy atom. The largest absolute Gasteiger partial charge is 0.480 e. The molecule has 2 heterocycles. The van der Waals surface area contributed by atoms with Crippen molar-refractivity contribution in [3.05, 3.63) is 36.0 Å². The van der Waals surface area contributed by atoms with Crippen LogP contribution in [0.1, 0.15) is 37.7 Å². The maximum atomic E-state index is 13.0. The summed E-state index contributed by atoms with van der Waals surface area (Å²) in [7, 11) is 0. The van der Waals surface area contributed by atoms with E-state index in [2.05, 4.69) is 10.3 Å². The van der Waals surface area contributed by atoms with Crippen LogP contribution < -0.4 is 16.8 Å². The molecule has 9 nitrogen and oxygen atoms in total. The number of carbonyl (C=O) groups excluding carboxylic acids is 2. The molecule has 31 heavy (non-hydrogen) atoms. The van der Waals surface area contributed by atoms with Crippen molar-refractivity contribution in [2.45, 2.75) is 56.7 Å². The van der Waals surface area contributed by atoms with Crippen molar-refractivity contribution in [3.63, 3.8) is 0 Å². The monoisotopic (exact) mass is 429 g/mol. The van der Waals surface area contributed by atoms with Crippen LogP contribution in [-0.4, -0.2) is 64.0 Å². The maximum Gasteiger partial charge on any atom is 0.326 e. The van der Waals surface area contributed by atoms with Gasteiger partial charge in [-0.3, -0.25) is 9.59 Å². The second-order valence-corrected chi connectivity index (χ2v) is 8.04. The average Bonchev–Trinajstić information content (AvgIpc) is 3.40. The summed E-state index contributed by atoms with van der Waals surface area (Å²) in [5, 5.41) is 13.0. The Kier molecular flexibility index (Phi) is 7.64. The lowest BCUT2D eigenvalue weighted by Gasteiger charge is -2.27. The third kappa shape index (κ3) is 5.42. The number of carbonyl (C=O) groups is 3. The minimum Gasteiger partial charge on any atom is -0.480 e. The van der Waals surface area contributed by atoms with Crippen molar-refractivity contribution in [3.8, 4) is 0 Å². The fraction of sp³-hybridized carbons (Fsp3) is 0.500. The van der Waals surface area contributed by atoms with E-state index in [9.17, 15) is 19.5 Å². The zero-order valence-corrected chi connectivity index (χ0v) is 17.5. The van der Waals surface area contributed by atoms with E-state index in [0.29, 0.717) is 51.6 Å². The molecule has 7 N–H and O–H groups in total. The minimum absolute atomic E-state index is 0.294. The zero-order chi connectivity index (χ0) is 22.4. The number of aliphatic carboxylic acids is 1. The summed E-state index contributed by atoms with van der Waals surface area (Å²) in [5.41, 5.74) is 13.6. The van der Waals surface area contributed by atoms with Crippen LogP contribution >= 0.6 is 0 Å². The summed E-state index contributed by atoms with van der Waals surface area (Å²) in [5.74, 6) is -1.82. The van der Waals surface area contributed by atoms with E-state index in [1.807, 2.05) is 30.5 Å². The highest BCUT2D eigenvalue weighted by molar-refractivity contribution is 5.93. The molecule has 1 aliphatic rings. The summed E-state index contributed by atoms with van der Waals surface area (Å²) in [6.07, 6.45) is 4.97. The van der Waals surface area contributed by atoms with E-state index < -0.39 is 30.0 Å². The molecule has 1 aromatic heterocycles. The molecule has 0 bridgehead atoms. The molecule has 3 rings (SSSR count). The fourth-order valence-corrected chi connectivity index (χ4v) is 4.16. The molecule has 3 atom stereocenters. The molecule has 2 amide bonds. The van der Waals surface area contributed by atoms with E-state index in [1.54, 1.807) is 0 Å². The lowest BCUT2D eigenvalue weighted by atomic mass is 10.0. The Balaban J connectivity index is 1.63. The van der Waals surface area contributed by atoms with Gasteiger partial charge >= 0.3 is 5.97 Å². The molecule has 0 saturated carbocycles. The van der Waals surface area contributed by atoms with Crippen LogP contribution in [0.25, 0.3) is 10.9 Å². The average molecular weight is 430 g/mol. The van der Waals surface area contributed by atoms with Gasteiger partial charge < -0.3 is 31.8 Å². The SMILES string of the molecule is NCCCC[C@H](NC(=O)[C@@H]1CCCN1C(=O)[C@@H](N)Cc1c[nH]c2ccccc12)C(=O)O. The van der Waals surface area contributed by atoms with E-state index >= 15 is 0 Å². The molecule has 168 valence electrons. The molecule has 2 aromatic rings. The summed E-state index contributed by atoms with van der Waals surface area (Å²) >= 11 is 0. The normalized spacial score (nSPS) is 18.1. The first kappa shape index (κ1) is 22.8. The number of likely N-dealkylation sites (tertiary alicyclic amines) is 1. The number of hydrogen-bond acceptors (Lipinski definition) is 5. The summed E-state index contributed by atoms with van der Waals surface area (Å²) in [6, 6.07) is 5.32. The first-order valence-corrected chi connectivity index (χ1v) is 10.8. The molecule has 9 heteroatoms. The number of rotatable bonds is 10. The van der Waals surface area contributed by atoms with E-state index in [-0.39, 0.29) is 5.91 Å². The van der Waals surface area contributed by atoms with E-state index in [1.165, 1.54) is 4.90 Å². The smallest absolute Gasteiger partial charge is 0.326 e. The van der Waals surface area contributed by atoms with Gasteiger partial charge in [0.2, 0.25) is 11.8 Å². The Morgan fingerprint density at radius 2 is 2.03 bits per heavy atom. The van der Waals surface area contributed by atoms with Crippen molar-refractivity contribution in [2.24, 2.45) is 11.5 Å². The lowest BCUT2D eigenvalue weighted by molar-refractivity contribution is -0.144. The number of nitrogens with one attached hydrogen (secondary N) is 2. The number of nitrogens with two attached hydrogens (primary N) is 2. The van der Waals surface area contributed by atoms with Crippen LogP contribution in [-0.2, 0) is 20.8 Å². The summed E-state index contributed by atoms with van der Waals surface area (Å²) in [6.45, 7) is 0.906. The van der Waals surface area contributed by atoms with Crippen LogP contribution in [0.4, 0.5) is 0 Å². The number of unbranched alkanes of at least 4 members (excludes halogenated alkanes) is 1. The fourth-order valence-electron chi connectivity index (χ4n) is 4.16. The quantitative estimate of drug-likeness (QED) is 0.351. The van der Waals surface area contributed by atoms with Crippen molar-refractivity contribution in [2.75, 3.05) is 13.1 Å². The van der Waals surface area contributed by atoms with Crippen molar-refractivity contribution in [1.82, 2.24) is 15.2 Å². The van der Waals surface area contributed by atoms with Gasteiger partial charge in [-0.1, -0.05) is 18.2 Å². The van der Waals surface area contributed by atoms with Crippen LogP contribution in [0.2, 0.25) is 0 Å². The van der Waals surface area contributed by atoms with Gasteiger partial charge in [0.05, 0.1) is 6.04 Å². The second-order valence-electron chi connectivity index (χ2n) is 8.04. The number of carboxylic acid groups (broad SMARTS) is 1. The number of hydrogen-bond donors (Lipinski definition) is 5. The van der Waals surface area contributed by atoms with Crippen LogP contribution in [0.15, 0.2) is 30.5 Å². The number of benzene rings is 1. The van der Waals surface area contributed by atoms with Crippen molar-refractivity contribution < 1.29 is 19.5 Å². The number of nitrogens with zero attached hydrogens (tertiary/aromatic N) is 1. The molecule has 0 spiro atoms. The van der Waals surface area contributed by atoms with Crippen molar-refractivity contribution >= 4 is 28.7 Å². The molecular weight excluding hydrogens is 398 g/mol. The lowest BCUT2D eigenvalue weighted by Crippen LogP contribution is -2.54. The van der Waals surface area contributed by atoms with Crippen LogP contribution in [0.5, 0.6) is 0 Å². The highest BCUT2D eigenvalue weighted by Crippen LogP contribution is 2.22. The Hall–Kier alpha value is -2.91. The Morgan fingerprint density at radius 1 is 1.26 bits per heavy atom. The van der Waals surface area contributed by atoms with Gasteiger partial charge in [-0.05, 0) is 56.7 Å². The predicted octanol–water partition coefficient (Wildman–Crippen LogP) is 0.727. The molecule has 1 aliphatic heterocycles. The standard InChI is InChI=1S/C22H31N5O4/c23-10-4-3-8-18(22(30)31)26-20(28)19-9-5-11-27(19)21(29)16(24)12-14-13-25-17-7-2-1-6-15(14)17/h1-2,6-7,13,16,18-19,25H,3-5,8-12,23-24H2,(H,26,28)(H,30,31)/t16-,18-,19-/m0/s1. The molecule has 1 saturated heterocycles. The Bertz CT molecular complexity index is 928. The maximum absolute atomic E-state index is 13.0. The molecule has 0 unspecified atom stereocenters. The third-order valence-electron chi connectivity index (χ3n) is 5.83. The highest BCUT2D eigenvalue weighted by atomic mass is 16.4. The van der Waals surface area contributed by atoms with Gasteiger partial charge in [0.25, 0.3) is 0 Å². The third-order valence-corrected chi connectivity index (χ3v) is 5.83. The number of H-pyrrole nitrogens is 1. The number of carboxylic acids is 1. The van der Waals surface area contributed by atoms with E-state index in [4.69, 9.17) is 11.5 Å². The number of aromatic amines is 1. The first-order chi connectivity index (χ1) is 14.9. The number of aromatic nitrogens is 1. The number of para-hydroxylation sites is 1. The van der Waals surface area contributed by atoms with Gasteiger partial charge in [0, 0.05) is 23.6 Å². The first-order valence-electron chi connectivity index (χ1n) is 10.8. The van der Waals surface area contributed by atoms with Gasteiger partial charge in [-0.15, -0.1) is 0 Å². The van der Waals surface area contributed by atoms with Crippen LogP contribution in [0, 0.1) is 0 Å². The van der Waals surface area contributed by atoms with E-state index in [0.717, 1.165) is 16.5 Å². The van der Waals surface area contributed by atoms with Gasteiger partial charge in [0.1, 0.15) is 12.1 Å². The molecule has 1 aromatic carbocycles. The summed E-state index contributed by atoms with van der Waals surface area (Å²) < 4.78 is 0. The molecule has 0 radical (unpaired) electrons. The van der Waals surface area contributed by atoms with Gasteiger partial charge in [-0.2, -0.15) is 0 Å². The van der Waals surface area contributed by atoms with Gasteiger partial charge in [0.15, 0.2) is 0 Å². The number of amides is 2. The highest BCUT2D eigenvalue weighted by Gasteiger charge is 2.37. The summed E-state index contributed by atoms with van der Waals surface area (Å²) in [4.78, 5) is 42.0. The van der Waals surface area contributed by atoms with Crippen LogP contribution in [0.3, 0.4) is 0 Å². The van der Waals surface area contributed by atoms with Gasteiger partial charge in [-0.25, -0.2) is 4.79 Å². The molecule has 1 fully saturated rings. The number of fused-ring (bicyclic) bond motifs is 1.